The summed E-state index contributed by atoms with van der Waals surface area (Å²) in [5.41, 5.74) is -0.497. The number of hydrogen-bond donors (Lipinski definition) is 1. The Morgan fingerprint density at radius 3 is 2.12 bits per heavy atom. The van der Waals surface area contributed by atoms with Gasteiger partial charge >= 0.3 is 0 Å². The minimum Gasteiger partial charge on any atom is -0.387 e. The highest BCUT2D eigenvalue weighted by molar-refractivity contribution is 5.27. The van der Waals surface area contributed by atoms with Crippen molar-refractivity contribution in [3.63, 3.8) is 0 Å². The van der Waals surface area contributed by atoms with E-state index in [1.54, 1.807) is 13.8 Å². The molecule has 17 heavy (non-hydrogen) atoms. The van der Waals surface area contributed by atoms with Crippen LogP contribution in [-0.2, 0) is 0 Å². The SMILES string of the molecule is CCC(C)(C#N)C(O)c1ccc(C(F)F)cc1. The second kappa shape index (κ2) is 5.24. The molecule has 4 heteroatoms. The molecule has 2 unspecified atom stereocenters. The van der Waals surface area contributed by atoms with Crippen molar-refractivity contribution < 1.29 is 13.9 Å². The van der Waals surface area contributed by atoms with Crippen molar-refractivity contribution in [3.8, 4) is 6.07 Å². The van der Waals surface area contributed by atoms with Gasteiger partial charge in [0, 0.05) is 5.56 Å². The molecular weight excluding hydrogens is 224 g/mol. The van der Waals surface area contributed by atoms with Crippen LogP contribution in [0.3, 0.4) is 0 Å². The first-order valence-electron chi connectivity index (χ1n) is 5.42. The Balaban J connectivity index is 2.98. The Labute approximate surface area is 99.5 Å². The Morgan fingerprint density at radius 1 is 1.29 bits per heavy atom. The van der Waals surface area contributed by atoms with Crippen LogP contribution in [0, 0.1) is 16.7 Å². The van der Waals surface area contributed by atoms with Crippen LogP contribution in [0.5, 0.6) is 0 Å². The molecule has 0 aliphatic heterocycles. The fourth-order valence-electron chi connectivity index (χ4n) is 1.53. The Kier molecular flexibility index (Phi) is 4.19. The smallest absolute Gasteiger partial charge is 0.263 e. The zero-order valence-electron chi connectivity index (χ0n) is 9.82. The summed E-state index contributed by atoms with van der Waals surface area (Å²) in [4.78, 5) is 0. The number of alkyl halides is 2. The molecule has 2 atom stereocenters. The number of aliphatic hydroxyl groups is 1. The Hall–Kier alpha value is -1.47. The normalized spacial score (nSPS) is 16.3. The first-order chi connectivity index (χ1) is 7.94. The summed E-state index contributed by atoms with van der Waals surface area (Å²) in [5, 5.41) is 19.1. The largest absolute Gasteiger partial charge is 0.387 e. The van der Waals surface area contributed by atoms with Crippen molar-refractivity contribution in [1.82, 2.24) is 0 Å². The van der Waals surface area contributed by atoms with Gasteiger partial charge in [-0.15, -0.1) is 0 Å². The number of nitrogens with zero attached hydrogens (tertiary/aromatic N) is 1. The van der Waals surface area contributed by atoms with Crippen LogP contribution < -0.4 is 0 Å². The maximum atomic E-state index is 12.4. The van der Waals surface area contributed by atoms with Crippen LogP contribution in [0.4, 0.5) is 8.78 Å². The number of rotatable bonds is 4. The van der Waals surface area contributed by atoms with E-state index in [1.165, 1.54) is 24.3 Å². The van der Waals surface area contributed by atoms with E-state index in [4.69, 9.17) is 5.26 Å². The monoisotopic (exact) mass is 239 g/mol. The third-order valence-electron chi connectivity index (χ3n) is 3.10. The van der Waals surface area contributed by atoms with Gasteiger partial charge in [0.25, 0.3) is 6.43 Å². The molecule has 92 valence electrons. The molecule has 0 aromatic heterocycles. The molecule has 0 aliphatic carbocycles. The van der Waals surface area contributed by atoms with Gasteiger partial charge in [0.05, 0.1) is 17.6 Å². The van der Waals surface area contributed by atoms with Gasteiger partial charge in [0.2, 0.25) is 0 Å². The lowest BCUT2D eigenvalue weighted by Crippen LogP contribution is -2.22. The molecule has 0 saturated heterocycles. The predicted molar refractivity (Wildman–Crippen MR) is 60.4 cm³/mol. The lowest BCUT2D eigenvalue weighted by Gasteiger charge is -2.26. The first kappa shape index (κ1) is 13.6. The summed E-state index contributed by atoms with van der Waals surface area (Å²) in [6.07, 6.45) is -3.00. The van der Waals surface area contributed by atoms with Gasteiger partial charge in [0.15, 0.2) is 0 Å². The molecule has 0 radical (unpaired) electrons. The van der Waals surface area contributed by atoms with Crippen LogP contribution in [0.2, 0.25) is 0 Å². The summed E-state index contributed by atoms with van der Waals surface area (Å²) in [6, 6.07) is 7.50. The highest BCUT2D eigenvalue weighted by atomic mass is 19.3. The Morgan fingerprint density at radius 2 is 1.76 bits per heavy atom. The fourth-order valence-corrected chi connectivity index (χ4v) is 1.53. The topological polar surface area (TPSA) is 44.0 Å². The second-order valence-electron chi connectivity index (χ2n) is 4.25. The van der Waals surface area contributed by atoms with E-state index in [1.807, 2.05) is 0 Å². The van der Waals surface area contributed by atoms with E-state index in [2.05, 4.69) is 6.07 Å². The summed E-state index contributed by atoms with van der Waals surface area (Å²) < 4.78 is 24.7. The molecular formula is C13H15F2NO. The minimum atomic E-state index is -2.52. The molecule has 0 amide bonds. The van der Waals surface area contributed by atoms with Crippen LogP contribution in [0.15, 0.2) is 24.3 Å². The molecule has 1 N–H and O–H groups in total. The van der Waals surface area contributed by atoms with Gasteiger partial charge < -0.3 is 5.11 Å². The van der Waals surface area contributed by atoms with Crippen molar-refractivity contribution in [2.45, 2.75) is 32.8 Å². The predicted octanol–water partition coefficient (Wildman–Crippen LogP) is 3.60. The third-order valence-corrected chi connectivity index (χ3v) is 3.10. The van der Waals surface area contributed by atoms with Crippen molar-refractivity contribution in [2.75, 3.05) is 0 Å². The van der Waals surface area contributed by atoms with Crippen molar-refractivity contribution in [1.29, 1.82) is 5.26 Å². The van der Waals surface area contributed by atoms with E-state index in [0.29, 0.717) is 12.0 Å². The molecule has 0 aliphatic rings. The first-order valence-corrected chi connectivity index (χ1v) is 5.42. The number of hydrogen-bond acceptors (Lipinski definition) is 2. The van der Waals surface area contributed by atoms with Gasteiger partial charge in [0.1, 0.15) is 0 Å². The molecule has 0 spiro atoms. The number of benzene rings is 1. The van der Waals surface area contributed by atoms with Crippen LogP contribution in [0.1, 0.15) is 43.9 Å². The maximum absolute atomic E-state index is 12.4. The second-order valence-corrected chi connectivity index (χ2v) is 4.25. The summed E-state index contributed by atoms with van der Waals surface area (Å²) in [5.74, 6) is 0. The van der Waals surface area contributed by atoms with E-state index >= 15 is 0 Å². The Bertz CT molecular complexity index is 410. The summed E-state index contributed by atoms with van der Waals surface area (Å²) >= 11 is 0. The number of nitriles is 1. The molecule has 0 saturated carbocycles. The van der Waals surface area contributed by atoms with Crippen LogP contribution in [-0.4, -0.2) is 5.11 Å². The third kappa shape index (κ3) is 2.80. The molecule has 1 rings (SSSR count). The highest BCUT2D eigenvalue weighted by Crippen LogP contribution is 2.36. The standard InChI is InChI=1S/C13H15F2NO/c1-3-13(2,8-16)11(17)9-4-6-10(7-5-9)12(14)15/h4-7,11-12,17H,3H2,1-2H3. The maximum Gasteiger partial charge on any atom is 0.263 e. The highest BCUT2D eigenvalue weighted by Gasteiger charge is 2.32. The van der Waals surface area contributed by atoms with Crippen molar-refractivity contribution >= 4 is 0 Å². The molecule has 0 fully saturated rings. The summed E-state index contributed by atoms with van der Waals surface area (Å²) in [7, 11) is 0. The van der Waals surface area contributed by atoms with E-state index in [0.717, 1.165) is 0 Å². The lowest BCUT2D eigenvalue weighted by molar-refractivity contribution is 0.0721. The zero-order chi connectivity index (χ0) is 13.1. The molecule has 1 aromatic carbocycles. The van der Waals surface area contributed by atoms with E-state index < -0.39 is 17.9 Å². The minimum absolute atomic E-state index is 0.0869. The van der Waals surface area contributed by atoms with E-state index in [-0.39, 0.29) is 5.56 Å². The average molecular weight is 239 g/mol. The molecule has 0 bridgehead atoms. The van der Waals surface area contributed by atoms with E-state index in [9.17, 15) is 13.9 Å². The van der Waals surface area contributed by atoms with Gasteiger partial charge in [-0.25, -0.2) is 8.78 Å². The fraction of sp³-hybridized carbons (Fsp3) is 0.462. The number of halogens is 2. The van der Waals surface area contributed by atoms with Crippen molar-refractivity contribution in [2.24, 2.45) is 5.41 Å². The van der Waals surface area contributed by atoms with Gasteiger partial charge in [-0.3, -0.25) is 0 Å². The quantitative estimate of drug-likeness (QED) is 0.872. The van der Waals surface area contributed by atoms with Gasteiger partial charge in [-0.05, 0) is 18.9 Å². The average Bonchev–Trinajstić information content (AvgIpc) is 2.37. The van der Waals surface area contributed by atoms with Crippen LogP contribution >= 0.6 is 0 Å². The lowest BCUT2D eigenvalue weighted by atomic mass is 9.80. The molecule has 0 heterocycles. The van der Waals surface area contributed by atoms with Gasteiger partial charge in [-0.1, -0.05) is 31.2 Å². The van der Waals surface area contributed by atoms with Crippen molar-refractivity contribution in [3.05, 3.63) is 35.4 Å². The van der Waals surface area contributed by atoms with Gasteiger partial charge in [-0.2, -0.15) is 5.26 Å². The molecule has 2 nitrogen and oxygen atoms in total. The molecule has 1 aromatic rings. The summed E-state index contributed by atoms with van der Waals surface area (Å²) in [6.45, 7) is 3.46. The number of aliphatic hydroxyl groups excluding tert-OH is 1. The van der Waals surface area contributed by atoms with Crippen LogP contribution in [0.25, 0.3) is 0 Å². The zero-order valence-corrected chi connectivity index (χ0v) is 9.82.